The summed E-state index contributed by atoms with van der Waals surface area (Å²) in [6.07, 6.45) is 16.9. The lowest BCUT2D eigenvalue weighted by Crippen LogP contribution is -2.57. The molecule has 4 bridgehead atoms. The van der Waals surface area contributed by atoms with Crippen LogP contribution in [0.4, 0.5) is 5.69 Å². The van der Waals surface area contributed by atoms with E-state index in [1.807, 2.05) is 24.3 Å². The topological polar surface area (TPSA) is 41.6 Å². The van der Waals surface area contributed by atoms with Crippen LogP contribution in [0.25, 0.3) is 11.1 Å². The number of hydrogen-bond acceptors (Lipinski definition) is 3. The summed E-state index contributed by atoms with van der Waals surface area (Å²) in [5.41, 5.74) is 6.15. The SMILES string of the molecule is COc1ccc(NC(C)=O)cc1C1CC[N+](C)(C2C[C@H]3CC[C@H]2C3)CC1.Clc1ccccc1-c1ccccc1C1CCN([C@H]2C[C@H]3CC[C@H]2C3)CC1. The van der Waals surface area contributed by atoms with Gasteiger partial charge in [-0.05, 0) is 135 Å². The Balaban J connectivity index is 0.000000149. The van der Waals surface area contributed by atoms with Gasteiger partial charge in [0.15, 0.2) is 0 Å². The van der Waals surface area contributed by atoms with Gasteiger partial charge in [0.1, 0.15) is 5.75 Å². The molecule has 52 heavy (non-hydrogen) atoms. The van der Waals surface area contributed by atoms with Crippen LogP contribution in [-0.4, -0.2) is 67.7 Å². The molecule has 6 atom stereocenters. The van der Waals surface area contributed by atoms with Gasteiger partial charge in [-0.15, -0.1) is 0 Å². The van der Waals surface area contributed by atoms with Crippen molar-refractivity contribution in [2.45, 2.75) is 108 Å². The fourth-order valence-corrected chi connectivity index (χ4v) is 12.3. The second-order valence-electron chi connectivity index (χ2n) is 17.7. The first kappa shape index (κ1) is 36.1. The average Bonchev–Trinajstić information content (AvgIpc) is 4.00. The number of halogens is 1. The molecule has 3 aromatic carbocycles. The fourth-order valence-electron chi connectivity index (χ4n) is 12.1. The van der Waals surface area contributed by atoms with E-state index in [0.717, 1.165) is 52.2 Å². The summed E-state index contributed by atoms with van der Waals surface area (Å²) in [5, 5.41) is 3.78. The average molecular weight is 723 g/mol. The first-order chi connectivity index (χ1) is 25.3. The van der Waals surface area contributed by atoms with Crippen molar-refractivity contribution in [2.75, 3.05) is 45.7 Å². The van der Waals surface area contributed by atoms with E-state index in [1.54, 1.807) is 14.0 Å². The normalized spacial score (nSPS) is 32.7. The number of carbonyl (C=O) groups is 1. The summed E-state index contributed by atoms with van der Waals surface area (Å²) in [6, 6.07) is 25.0. The maximum absolute atomic E-state index is 11.4. The number of quaternary nitrogens is 1. The lowest BCUT2D eigenvalue weighted by atomic mass is 9.83. The Kier molecular flexibility index (Phi) is 10.8. The summed E-state index contributed by atoms with van der Waals surface area (Å²) in [7, 11) is 4.25. The van der Waals surface area contributed by atoms with Gasteiger partial charge in [0, 0.05) is 54.4 Å². The molecule has 6 fully saturated rings. The fraction of sp³-hybridized carbons (Fsp3) is 0.587. The highest BCUT2D eigenvalue weighted by Gasteiger charge is 2.50. The second kappa shape index (κ2) is 15.5. The van der Waals surface area contributed by atoms with Crippen molar-refractivity contribution in [1.29, 1.82) is 0 Å². The van der Waals surface area contributed by atoms with Crippen molar-refractivity contribution < 1.29 is 14.0 Å². The third kappa shape index (κ3) is 7.44. The Morgan fingerprint density at radius 1 is 0.750 bits per heavy atom. The molecule has 2 aliphatic heterocycles. The van der Waals surface area contributed by atoms with E-state index >= 15 is 0 Å². The van der Waals surface area contributed by atoms with Crippen molar-refractivity contribution in [3.05, 3.63) is 82.9 Å². The van der Waals surface area contributed by atoms with Gasteiger partial charge < -0.3 is 19.4 Å². The zero-order valence-electron chi connectivity index (χ0n) is 31.9. The molecule has 1 N–H and O–H groups in total. The van der Waals surface area contributed by atoms with Crippen molar-refractivity contribution in [2.24, 2.45) is 23.7 Å². The summed E-state index contributed by atoms with van der Waals surface area (Å²) in [5.74, 6) is 6.19. The zero-order chi connectivity index (χ0) is 35.8. The van der Waals surface area contributed by atoms with E-state index in [1.165, 1.54) is 130 Å². The number of anilines is 1. The first-order valence-corrected chi connectivity index (χ1v) is 21.0. The monoisotopic (exact) mass is 722 g/mol. The van der Waals surface area contributed by atoms with Crippen LogP contribution in [0.15, 0.2) is 66.7 Å². The number of nitrogens with zero attached hydrogens (tertiary/aromatic N) is 2. The quantitative estimate of drug-likeness (QED) is 0.247. The van der Waals surface area contributed by atoms with Crippen LogP contribution in [0.5, 0.6) is 5.75 Å². The number of ether oxygens (including phenoxy) is 1. The summed E-state index contributed by atoms with van der Waals surface area (Å²) in [6.45, 7) is 6.64. The number of amides is 1. The van der Waals surface area contributed by atoms with Crippen molar-refractivity contribution in [1.82, 2.24) is 4.90 Å². The lowest BCUT2D eigenvalue weighted by Gasteiger charge is -2.48. The number of piperidine rings is 2. The van der Waals surface area contributed by atoms with Gasteiger partial charge in [0.05, 0.1) is 33.3 Å². The van der Waals surface area contributed by atoms with Gasteiger partial charge in [-0.25, -0.2) is 0 Å². The molecule has 3 aromatic rings. The molecular formula is C46H61ClN3O2+. The third-order valence-electron chi connectivity index (χ3n) is 14.7. The van der Waals surface area contributed by atoms with E-state index in [2.05, 4.69) is 59.7 Å². The molecule has 1 amide bonds. The number of hydrogen-bond donors (Lipinski definition) is 1. The Bertz CT molecular complexity index is 1710. The molecule has 0 spiro atoms. The van der Waals surface area contributed by atoms with Crippen LogP contribution in [0, 0.1) is 23.7 Å². The Morgan fingerprint density at radius 3 is 2.02 bits per heavy atom. The standard InChI is InChI=1S/C24H28ClN.C22H32N2O2/c25-23-8-4-3-7-22(23)21-6-2-1-5-20(21)18-11-13-26(14-12-18)24-16-17-9-10-19(24)15-17;1-15(25)23-19-6-7-22(26-3)20(14-19)17-8-10-24(2,11-9-17)21-13-16-4-5-18(21)12-16/h1-8,17-19,24H,9-16H2;6-7,14,16-18,21H,4-5,8-13H2,1-3H3/p+1/t17-,19-,24-;16-,17?,18-,21?,24?/m00/s1. The number of fused-ring (bicyclic) bond motifs is 4. The zero-order valence-corrected chi connectivity index (χ0v) is 32.6. The molecule has 0 radical (unpaired) electrons. The van der Waals surface area contributed by atoms with E-state index in [9.17, 15) is 4.79 Å². The van der Waals surface area contributed by atoms with E-state index in [0.29, 0.717) is 11.8 Å². The van der Waals surface area contributed by atoms with Gasteiger partial charge in [-0.3, -0.25) is 4.79 Å². The van der Waals surface area contributed by atoms with Crippen LogP contribution in [0.1, 0.15) is 107 Å². The highest BCUT2D eigenvalue weighted by molar-refractivity contribution is 6.33. The summed E-state index contributed by atoms with van der Waals surface area (Å²) < 4.78 is 6.92. The predicted molar refractivity (Wildman–Crippen MR) is 214 cm³/mol. The van der Waals surface area contributed by atoms with E-state index < -0.39 is 0 Å². The van der Waals surface area contributed by atoms with Crippen molar-refractivity contribution >= 4 is 23.2 Å². The molecule has 6 heteroatoms. The molecule has 6 aliphatic rings. The van der Waals surface area contributed by atoms with E-state index in [4.69, 9.17) is 16.3 Å². The maximum Gasteiger partial charge on any atom is 0.221 e. The molecule has 9 rings (SSSR count). The number of methoxy groups -OCH3 is 1. The minimum absolute atomic E-state index is 0.0229. The van der Waals surface area contributed by atoms with Crippen LogP contribution in [-0.2, 0) is 4.79 Å². The van der Waals surface area contributed by atoms with Crippen LogP contribution < -0.4 is 10.1 Å². The third-order valence-corrected chi connectivity index (χ3v) is 15.1. The predicted octanol–water partition coefficient (Wildman–Crippen LogP) is 10.5. The molecule has 0 aromatic heterocycles. The van der Waals surface area contributed by atoms with Gasteiger partial charge >= 0.3 is 0 Å². The molecule has 4 aliphatic carbocycles. The molecule has 5 nitrogen and oxygen atoms in total. The number of carbonyl (C=O) groups excluding carboxylic acids is 1. The van der Waals surface area contributed by atoms with Crippen molar-refractivity contribution in [3.63, 3.8) is 0 Å². The number of likely N-dealkylation sites (tertiary alicyclic amines) is 2. The van der Waals surface area contributed by atoms with Crippen LogP contribution >= 0.6 is 11.6 Å². The molecular weight excluding hydrogens is 662 g/mol. The molecule has 2 saturated heterocycles. The summed E-state index contributed by atoms with van der Waals surface area (Å²) >= 11 is 6.51. The lowest BCUT2D eigenvalue weighted by molar-refractivity contribution is -0.941. The largest absolute Gasteiger partial charge is 0.496 e. The van der Waals surface area contributed by atoms with Gasteiger partial charge in [-0.1, -0.05) is 60.5 Å². The van der Waals surface area contributed by atoms with Gasteiger partial charge in [0.2, 0.25) is 5.91 Å². The smallest absolute Gasteiger partial charge is 0.221 e. The second-order valence-corrected chi connectivity index (χ2v) is 18.1. The molecule has 278 valence electrons. The number of rotatable bonds is 7. The Hall–Kier alpha value is -2.86. The Labute approximate surface area is 318 Å². The van der Waals surface area contributed by atoms with Crippen LogP contribution in [0.2, 0.25) is 5.02 Å². The molecule has 1 unspecified atom stereocenters. The van der Waals surface area contributed by atoms with Gasteiger partial charge in [-0.2, -0.15) is 0 Å². The first-order valence-electron chi connectivity index (χ1n) is 20.7. The number of benzene rings is 3. The highest BCUT2D eigenvalue weighted by atomic mass is 35.5. The molecule has 2 heterocycles. The minimum atomic E-state index is -0.0229. The van der Waals surface area contributed by atoms with E-state index in [-0.39, 0.29) is 5.91 Å². The molecule has 4 saturated carbocycles. The van der Waals surface area contributed by atoms with Crippen molar-refractivity contribution in [3.8, 4) is 16.9 Å². The minimum Gasteiger partial charge on any atom is -0.496 e. The highest BCUT2D eigenvalue weighted by Crippen LogP contribution is 2.51. The van der Waals surface area contributed by atoms with Crippen LogP contribution in [0.3, 0.4) is 0 Å². The Morgan fingerprint density at radius 2 is 1.40 bits per heavy atom. The maximum atomic E-state index is 11.4. The number of nitrogens with one attached hydrogen (secondary N) is 1. The van der Waals surface area contributed by atoms with Gasteiger partial charge in [0.25, 0.3) is 0 Å². The summed E-state index contributed by atoms with van der Waals surface area (Å²) in [4.78, 5) is 14.2.